The summed E-state index contributed by atoms with van der Waals surface area (Å²) in [5, 5.41) is 9.73. The maximum atomic E-state index is 11.2. The van der Waals surface area contributed by atoms with Crippen molar-refractivity contribution >= 4 is 17.6 Å². The summed E-state index contributed by atoms with van der Waals surface area (Å²) in [5.74, 6) is -0.622. The summed E-state index contributed by atoms with van der Waals surface area (Å²) >= 11 is 6.00. The van der Waals surface area contributed by atoms with Crippen LogP contribution in [0.3, 0.4) is 0 Å². The molecule has 2 rings (SSSR count). The van der Waals surface area contributed by atoms with Gasteiger partial charge < -0.3 is 5.11 Å². The first-order valence-corrected chi connectivity index (χ1v) is 5.53. The Morgan fingerprint density at radius 1 is 1.47 bits per heavy atom. The lowest BCUT2D eigenvalue weighted by molar-refractivity contribution is -0.139. The third kappa shape index (κ3) is 2.51. The molecule has 0 bridgehead atoms. The number of rotatable bonds is 4. The average molecular weight is 225 g/mol. The second kappa shape index (κ2) is 4.23. The van der Waals surface area contributed by atoms with Gasteiger partial charge in [-0.15, -0.1) is 0 Å². The van der Waals surface area contributed by atoms with E-state index in [1.165, 1.54) is 0 Å². The van der Waals surface area contributed by atoms with Gasteiger partial charge in [-0.1, -0.05) is 42.6 Å². The molecular weight excluding hydrogens is 212 g/mol. The lowest BCUT2D eigenvalue weighted by Gasteiger charge is -2.13. The fourth-order valence-corrected chi connectivity index (χ4v) is 2.07. The Morgan fingerprint density at radius 3 is 2.67 bits per heavy atom. The highest BCUT2D eigenvalue weighted by Gasteiger charge is 2.31. The summed E-state index contributed by atoms with van der Waals surface area (Å²) in [7, 11) is 0. The van der Waals surface area contributed by atoms with Crippen LogP contribution in [0.15, 0.2) is 24.3 Å². The van der Waals surface area contributed by atoms with E-state index in [4.69, 9.17) is 16.7 Å². The minimum absolute atomic E-state index is 0.439. The largest absolute Gasteiger partial charge is 0.481 e. The van der Waals surface area contributed by atoms with Crippen LogP contribution in [0, 0.1) is 5.92 Å². The zero-order valence-electron chi connectivity index (χ0n) is 8.32. The van der Waals surface area contributed by atoms with Gasteiger partial charge in [-0.05, 0) is 24.0 Å². The smallest absolute Gasteiger partial charge is 0.311 e. The third-order valence-electron chi connectivity index (χ3n) is 2.84. The van der Waals surface area contributed by atoms with Crippen LogP contribution in [0.5, 0.6) is 0 Å². The highest BCUT2D eigenvalue weighted by molar-refractivity contribution is 6.31. The first kappa shape index (κ1) is 10.5. The van der Waals surface area contributed by atoms with Gasteiger partial charge in [-0.2, -0.15) is 0 Å². The number of halogens is 1. The van der Waals surface area contributed by atoms with Crippen molar-refractivity contribution in [3.63, 3.8) is 0 Å². The van der Waals surface area contributed by atoms with E-state index in [0.29, 0.717) is 10.9 Å². The van der Waals surface area contributed by atoms with E-state index in [1.54, 1.807) is 6.07 Å². The van der Waals surface area contributed by atoms with E-state index in [-0.39, 0.29) is 0 Å². The van der Waals surface area contributed by atoms with Crippen molar-refractivity contribution in [2.45, 2.75) is 25.2 Å². The standard InChI is InChI=1S/C12H13ClO2/c13-11-4-2-1-3-9(11)10(12(14)15)7-8-5-6-8/h1-4,8,10H,5-7H2,(H,14,15). The maximum absolute atomic E-state index is 11.2. The van der Waals surface area contributed by atoms with Gasteiger partial charge >= 0.3 is 5.97 Å². The molecule has 1 unspecified atom stereocenters. The fraction of sp³-hybridized carbons (Fsp3) is 0.417. The summed E-state index contributed by atoms with van der Waals surface area (Å²) in [5.41, 5.74) is 0.749. The number of carboxylic acid groups (broad SMARTS) is 1. The summed E-state index contributed by atoms with van der Waals surface area (Å²) in [4.78, 5) is 11.2. The number of hydrogen-bond donors (Lipinski definition) is 1. The van der Waals surface area contributed by atoms with Gasteiger partial charge in [-0.25, -0.2) is 0 Å². The van der Waals surface area contributed by atoms with Crippen LogP contribution < -0.4 is 0 Å². The number of carboxylic acids is 1. The monoisotopic (exact) mass is 224 g/mol. The SMILES string of the molecule is O=C(O)C(CC1CC1)c1ccccc1Cl. The first-order chi connectivity index (χ1) is 7.18. The van der Waals surface area contributed by atoms with Crippen LogP contribution >= 0.6 is 11.6 Å². The Bertz CT molecular complexity index is 372. The Hall–Kier alpha value is -1.02. The van der Waals surface area contributed by atoms with Gasteiger partial charge in [0, 0.05) is 5.02 Å². The molecule has 0 heterocycles. The second-order valence-electron chi connectivity index (χ2n) is 4.09. The van der Waals surface area contributed by atoms with Crippen molar-refractivity contribution in [2.75, 3.05) is 0 Å². The van der Waals surface area contributed by atoms with Crippen LogP contribution in [-0.2, 0) is 4.79 Å². The van der Waals surface area contributed by atoms with Crippen LogP contribution in [-0.4, -0.2) is 11.1 Å². The van der Waals surface area contributed by atoms with Gasteiger partial charge in [0.15, 0.2) is 0 Å². The zero-order chi connectivity index (χ0) is 10.8. The summed E-state index contributed by atoms with van der Waals surface area (Å²) in [6.07, 6.45) is 3.04. The van der Waals surface area contributed by atoms with Crippen LogP contribution in [0.25, 0.3) is 0 Å². The van der Waals surface area contributed by atoms with E-state index < -0.39 is 11.9 Å². The van der Waals surface area contributed by atoms with E-state index in [0.717, 1.165) is 24.8 Å². The Labute approximate surface area is 93.9 Å². The molecular formula is C12H13ClO2. The molecule has 1 fully saturated rings. The number of carbonyl (C=O) groups is 1. The van der Waals surface area contributed by atoms with Gasteiger partial charge in [0.2, 0.25) is 0 Å². The molecule has 15 heavy (non-hydrogen) atoms. The predicted octanol–water partition coefficient (Wildman–Crippen LogP) is 3.31. The normalized spacial score (nSPS) is 17.4. The van der Waals surface area contributed by atoms with Crippen molar-refractivity contribution in [1.82, 2.24) is 0 Å². The summed E-state index contributed by atoms with van der Waals surface area (Å²) in [6.45, 7) is 0. The van der Waals surface area contributed by atoms with E-state index in [9.17, 15) is 4.79 Å². The Kier molecular flexibility index (Phi) is 2.96. The van der Waals surface area contributed by atoms with Crippen molar-refractivity contribution in [2.24, 2.45) is 5.92 Å². The van der Waals surface area contributed by atoms with Crippen LogP contribution in [0.4, 0.5) is 0 Å². The van der Waals surface area contributed by atoms with Crippen LogP contribution in [0.2, 0.25) is 5.02 Å². The van der Waals surface area contributed by atoms with Crippen molar-refractivity contribution < 1.29 is 9.90 Å². The molecule has 1 atom stereocenters. The quantitative estimate of drug-likeness (QED) is 0.852. The van der Waals surface area contributed by atoms with E-state index in [2.05, 4.69) is 0 Å². The van der Waals surface area contributed by atoms with Crippen molar-refractivity contribution in [3.05, 3.63) is 34.9 Å². The average Bonchev–Trinajstić information content (AvgIpc) is 2.99. The highest BCUT2D eigenvalue weighted by Crippen LogP contribution is 2.40. The molecule has 0 radical (unpaired) electrons. The van der Waals surface area contributed by atoms with Gasteiger partial charge in [-0.3, -0.25) is 4.79 Å². The molecule has 1 N–H and O–H groups in total. The number of aliphatic carboxylic acids is 1. The lowest BCUT2D eigenvalue weighted by atomic mass is 9.93. The van der Waals surface area contributed by atoms with Crippen molar-refractivity contribution in [1.29, 1.82) is 0 Å². The second-order valence-corrected chi connectivity index (χ2v) is 4.50. The Morgan fingerprint density at radius 2 is 2.13 bits per heavy atom. The minimum Gasteiger partial charge on any atom is -0.481 e. The van der Waals surface area contributed by atoms with E-state index >= 15 is 0 Å². The highest BCUT2D eigenvalue weighted by atomic mass is 35.5. The molecule has 1 aliphatic carbocycles. The lowest BCUT2D eigenvalue weighted by Crippen LogP contribution is -2.12. The predicted molar refractivity (Wildman–Crippen MR) is 59.2 cm³/mol. The summed E-state index contributed by atoms with van der Waals surface area (Å²) in [6, 6.07) is 7.22. The molecule has 2 nitrogen and oxygen atoms in total. The van der Waals surface area contributed by atoms with Crippen molar-refractivity contribution in [3.8, 4) is 0 Å². The zero-order valence-corrected chi connectivity index (χ0v) is 9.07. The third-order valence-corrected chi connectivity index (χ3v) is 3.19. The molecule has 1 saturated carbocycles. The molecule has 0 amide bonds. The molecule has 0 aromatic heterocycles. The molecule has 1 aliphatic rings. The molecule has 0 spiro atoms. The fourth-order valence-electron chi connectivity index (χ4n) is 1.81. The minimum atomic E-state index is -0.769. The molecule has 1 aromatic rings. The maximum Gasteiger partial charge on any atom is 0.311 e. The molecule has 3 heteroatoms. The molecule has 80 valence electrons. The molecule has 0 aliphatic heterocycles. The Balaban J connectivity index is 2.22. The molecule has 0 saturated heterocycles. The van der Waals surface area contributed by atoms with Gasteiger partial charge in [0.25, 0.3) is 0 Å². The van der Waals surface area contributed by atoms with Gasteiger partial charge in [0.05, 0.1) is 5.92 Å². The van der Waals surface area contributed by atoms with Crippen LogP contribution in [0.1, 0.15) is 30.7 Å². The number of benzene rings is 1. The summed E-state index contributed by atoms with van der Waals surface area (Å²) < 4.78 is 0. The van der Waals surface area contributed by atoms with Gasteiger partial charge in [0.1, 0.15) is 0 Å². The number of hydrogen-bond acceptors (Lipinski definition) is 1. The molecule has 1 aromatic carbocycles. The topological polar surface area (TPSA) is 37.3 Å². The first-order valence-electron chi connectivity index (χ1n) is 5.15. The van der Waals surface area contributed by atoms with E-state index in [1.807, 2.05) is 18.2 Å².